The van der Waals surface area contributed by atoms with Gasteiger partial charge in [0.25, 0.3) is 0 Å². The summed E-state index contributed by atoms with van der Waals surface area (Å²) in [6, 6.07) is 0.465. The van der Waals surface area contributed by atoms with Crippen LogP contribution >= 0.6 is 0 Å². The molecule has 3 rings (SSSR count). The zero-order valence-electron chi connectivity index (χ0n) is 7.71. The van der Waals surface area contributed by atoms with Gasteiger partial charge in [-0.05, 0) is 12.0 Å². The quantitative estimate of drug-likeness (QED) is 0.476. The van der Waals surface area contributed by atoms with Gasteiger partial charge in [0, 0.05) is 12.8 Å². The Hall–Kier alpha value is -0.340. The lowest BCUT2D eigenvalue weighted by atomic mass is 9.82. The van der Waals surface area contributed by atoms with Crippen LogP contribution in [0.3, 0.4) is 0 Å². The number of fused-ring (bicyclic) bond motifs is 3. The molecule has 3 saturated heterocycles. The average molecular weight is 167 g/mol. The molecule has 3 fully saturated rings. The molecule has 2 heteroatoms. The van der Waals surface area contributed by atoms with Crippen LogP contribution in [0, 0.1) is 5.92 Å². The molecule has 0 aromatic carbocycles. The molecule has 0 aromatic heterocycles. The third kappa shape index (κ3) is 1.19. The van der Waals surface area contributed by atoms with Crippen molar-refractivity contribution in [1.29, 1.82) is 0 Å². The monoisotopic (exact) mass is 167 g/mol. The molecule has 3 aliphatic heterocycles. The largest absolute Gasteiger partial charge is 0.323 e. The Morgan fingerprint density at radius 2 is 2.08 bits per heavy atom. The van der Waals surface area contributed by atoms with Crippen molar-refractivity contribution < 1.29 is 4.48 Å². The van der Waals surface area contributed by atoms with Crippen molar-refractivity contribution in [1.82, 2.24) is 0 Å². The lowest BCUT2D eigenvalue weighted by molar-refractivity contribution is -0.938. The van der Waals surface area contributed by atoms with Crippen molar-refractivity contribution >= 4 is 0 Å². The predicted molar refractivity (Wildman–Crippen MR) is 50.6 cm³/mol. The number of quaternary nitrogens is 1. The first kappa shape index (κ1) is 8.27. The number of piperidine rings is 3. The molecule has 0 saturated carbocycles. The van der Waals surface area contributed by atoms with Gasteiger partial charge in [0.15, 0.2) is 0 Å². The number of hydrogen-bond donors (Lipinski definition) is 1. The van der Waals surface area contributed by atoms with Gasteiger partial charge in [-0.2, -0.15) is 0 Å². The van der Waals surface area contributed by atoms with E-state index in [1.807, 2.05) is 0 Å². The van der Waals surface area contributed by atoms with Crippen molar-refractivity contribution in [3.05, 3.63) is 12.7 Å². The normalized spacial score (nSPS) is 46.1. The van der Waals surface area contributed by atoms with E-state index in [9.17, 15) is 0 Å². The molecular formula is C10H19N2+. The number of nitrogens with two attached hydrogens (primary N) is 1. The number of hydrogen-bond acceptors (Lipinski definition) is 1. The summed E-state index contributed by atoms with van der Waals surface area (Å²) in [5.41, 5.74) is 6.09. The Morgan fingerprint density at radius 3 is 2.58 bits per heavy atom. The highest BCUT2D eigenvalue weighted by Gasteiger charge is 2.43. The van der Waals surface area contributed by atoms with Crippen LogP contribution in [0.5, 0.6) is 0 Å². The predicted octanol–water partition coefficient (Wildman–Crippen LogP) is 0.740. The maximum Gasteiger partial charge on any atom is 0.0971 e. The van der Waals surface area contributed by atoms with Crippen LogP contribution in [0.1, 0.15) is 12.8 Å². The zero-order valence-corrected chi connectivity index (χ0v) is 7.71. The third-order valence-corrected chi connectivity index (χ3v) is 3.67. The molecule has 0 spiro atoms. The third-order valence-electron chi connectivity index (χ3n) is 3.67. The first-order chi connectivity index (χ1) is 5.76. The fraction of sp³-hybridized carbons (Fsp3) is 0.800. The molecule has 3 heterocycles. The molecular weight excluding hydrogens is 148 g/mol. The van der Waals surface area contributed by atoms with Crippen LogP contribution in [-0.4, -0.2) is 36.7 Å². The molecule has 68 valence electrons. The summed E-state index contributed by atoms with van der Waals surface area (Å²) in [4.78, 5) is 0. The van der Waals surface area contributed by atoms with E-state index in [4.69, 9.17) is 5.73 Å². The van der Waals surface area contributed by atoms with Crippen LogP contribution in [0.25, 0.3) is 0 Å². The number of rotatable bonds is 2. The minimum Gasteiger partial charge on any atom is -0.323 e. The molecule has 2 nitrogen and oxygen atoms in total. The van der Waals surface area contributed by atoms with Crippen molar-refractivity contribution in [3.8, 4) is 0 Å². The molecule has 0 aliphatic carbocycles. The summed E-state index contributed by atoms with van der Waals surface area (Å²) in [7, 11) is 0. The molecule has 0 amide bonds. The number of nitrogens with zero attached hydrogens (tertiary/aromatic N) is 1. The standard InChI is InChI=1S/C10H19N2/c1-2-5-12-6-3-9(4-7-12)10(11)8-12/h2,9-10H,1,3-8,11H2/q+1/t9?,10-,12?/m0/s1. The molecule has 0 unspecified atom stereocenters. The summed E-state index contributed by atoms with van der Waals surface area (Å²) in [5, 5.41) is 0. The van der Waals surface area contributed by atoms with Gasteiger partial charge in [-0.25, -0.2) is 0 Å². The smallest absolute Gasteiger partial charge is 0.0971 e. The van der Waals surface area contributed by atoms with Crippen LogP contribution in [0.15, 0.2) is 12.7 Å². The fourth-order valence-corrected chi connectivity index (χ4v) is 2.87. The second kappa shape index (κ2) is 2.86. The van der Waals surface area contributed by atoms with E-state index in [2.05, 4.69) is 12.7 Å². The van der Waals surface area contributed by atoms with Gasteiger partial charge in [0.05, 0.1) is 32.2 Å². The van der Waals surface area contributed by atoms with Gasteiger partial charge in [0.1, 0.15) is 0 Å². The van der Waals surface area contributed by atoms with E-state index >= 15 is 0 Å². The van der Waals surface area contributed by atoms with Gasteiger partial charge in [-0.1, -0.05) is 6.58 Å². The van der Waals surface area contributed by atoms with Gasteiger partial charge in [-0.15, -0.1) is 0 Å². The summed E-state index contributed by atoms with van der Waals surface area (Å²) in [5.74, 6) is 0.829. The van der Waals surface area contributed by atoms with Crippen molar-refractivity contribution in [2.45, 2.75) is 18.9 Å². The van der Waals surface area contributed by atoms with Crippen molar-refractivity contribution in [2.75, 3.05) is 26.2 Å². The van der Waals surface area contributed by atoms with Gasteiger partial charge < -0.3 is 10.2 Å². The van der Waals surface area contributed by atoms with E-state index in [1.165, 1.54) is 37.0 Å². The minimum atomic E-state index is 0.465. The molecule has 1 atom stereocenters. The van der Waals surface area contributed by atoms with E-state index < -0.39 is 0 Å². The summed E-state index contributed by atoms with van der Waals surface area (Å²) in [6.45, 7) is 8.83. The maximum atomic E-state index is 6.09. The second-order valence-corrected chi connectivity index (χ2v) is 4.44. The summed E-state index contributed by atoms with van der Waals surface area (Å²) >= 11 is 0. The first-order valence-electron chi connectivity index (χ1n) is 4.97. The lowest BCUT2D eigenvalue weighted by Crippen LogP contribution is -2.65. The van der Waals surface area contributed by atoms with Crippen molar-refractivity contribution in [3.63, 3.8) is 0 Å². The van der Waals surface area contributed by atoms with Crippen LogP contribution in [-0.2, 0) is 0 Å². The Balaban J connectivity index is 2.10. The van der Waals surface area contributed by atoms with E-state index in [0.717, 1.165) is 12.5 Å². The van der Waals surface area contributed by atoms with Crippen molar-refractivity contribution in [2.24, 2.45) is 11.7 Å². The van der Waals surface area contributed by atoms with Gasteiger partial charge in [-0.3, -0.25) is 0 Å². The zero-order chi connectivity index (χ0) is 8.60. The average Bonchev–Trinajstić information content (AvgIpc) is 2.05. The molecule has 0 radical (unpaired) electrons. The summed E-state index contributed by atoms with van der Waals surface area (Å²) in [6.07, 6.45) is 4.74. The Morgan fingerprint density at radius 1 is 1.42 bits per heavy atom. The van der Waals surface area contributed by atoms with E-state index in [0.29, 0.717) is 6.04 Å². The van der Waals surface area contributed by atoms with Crippen LogP contribution in [0.4, 0.5) is 0 Å². The Bertz CT molecular complexity index is 180. The minimum absolute atomic E-state index is 0.465. The van der Waals surface area contributed by atoms with E-state index in [1.54, 1.807) is 0 Å². The first-order valence-corrected chi connectivity index (χ1v) is 4.97. The maximum absolute atomic E-state index is 6.09. The topological polar surface area (TPSA) is 26.0 Å². The second-order valence-electron chi connectivity index (χ2n) is 4.44. The molecule has 2 N–H and O–H groups in total. The molecule has 3 aliphatic rings. The molecule has 12 heavy (non-hydrogen) atoms. The SMILES string of the molecule is C=CC[N+]12CCC(CC1)[C@@H](N)C2. The van der Waals surface area contributed by atoms with Crippen LogP contribution in [0.2, 0.25) is 0 Å². The van der Waals surface area contributed by atoms with Gasteiger partial charge in [0.2, 0.25) is 0 Å². The summed E-state index contributed by atoms with van der Waals surface area (Å²) < 4.78 is 1.22. The molecule has 0 aromatic rings. The molecule has 2 bridgehead atoms. The fourth-order valence-electron chi connectivity index (χ4n) is 2.87. The Labute approximate surface area is 74.6 Å². The van der Waals surface area contributed by atoms with Gasteiger partial charge >= 0.3 is 0 Å². The van der Waals surface area contributed by atoms with E-state index in [-0.39, 0.29) is 0 Å². The highest BCUT2D eigenvalue weighted by Crippen LogP contribution is 2.32. The highest BCUT2D eigenvalue weighted by molar-refractivity contribution is 4.84. The lowest BCUT2D eigenvalue weighted by Gasteiger charge is -2.51. The highest BCUT2D eigenvalue weighted by atomic mass is 15.4. The Kier molecular flexibility index (Phi) is 1.97. The van der Waals surface area contributed by atoms with Crippen LogP contribution < -0.4 is 5.73 Å².